The van der Waals surface area contributed by atoms with Crippen LogP contribution in [0.25, 0.3) is 5.69 Å². The number of nitrogens with zero attached hydrogens (tertiary/aromatic N) is 3. The largest absolute Gasteiger partial charge is 0.336 e. The molecule has 1 fully saturated rings. The summed E-state index contributed by atoms with van der Waals surface area (Å²) in [6, 6.07) is 13.7. The van der Waals surface area contributed by atoms with Crippen molar-refractivity contribution >= 4 is 23.3 Å². The third kappa shape index (κ3) is 2.72. The van der Waals surface area contributed by atoms with Gasteiger partial charge in [-0.05, 0) is 42.0 Å². The number of aromatic nitrogens is 2. The summed E-state index contributed by atoms with van der Waals surface area (Å²) in [6.45, 7) is 1.25. The van der Waals surface area contributed by atoms with Crippen LogP contribution in [0.4, 0.5) is 16.2 Å². The molecule has 3 aromatic rings. The van der Waals surface area contributed by atoms with Crippen LogP contribution in [0.5, 0.6) is 0 Å². The first-order valence-electron chi connectivity index (χ1n) is 9.27. The van der Waals surface area contributed by atoms with Gasteiger partial charge < -0.3 is 15.2 Å². The average molecular weight is 373 g/mol. The van der Waals surface area contributed by atoms with E-state index in [1.807, 2.05) is 54.9 Å². The molecule has 7 heteroatoms. The SMILES string of the molecule is O=C1CC(c2cccn2-c2cccnc2)c2ccc(N3CCNC3=O)cc2N1. The topological polar surface area (TPSA) is 79.3 Å². The zero-order chi connectivity index (χ0) is 19.1. The van der Waals surface area contributed by atoms with E-state index in [0.29, 0.717) is 19.5 Å². The van der Waals surface area contributed by atoms with Gasteiger partial charge in [0.25, 0.3) is 0 Å². The van der Waals surface area contributed by atoms with Gasteiger partial charge in [0.15, 0.2) is 0 Å². The van der Waals surface area contributed by atoms with Crippen LogP contribution < -0.4 is 15.5 Å². The van der Waals surface area contributed by atoms with Crippen molar-refractivity contribution in [2.24, 2.45) is 0 Å². The lowest BCUT2D eigenvalue weighted by Gasteiger charge is -2.28. The lowest BCUT2D eigenvalue weighted by Crippen LogP contribution is -2.29. The van der Waals surface area contributed by atoms with Gasteiger partial charge in [-0.1, -0.05) is 6.07 Å². The van der Waals surface area contributed by atoms with E-state index in [1.54, 1.807) is 11.1 Å². The summed E-state index contributed by atoms with van der Waals surface area (Å²) in [6.07, 6.45) is 5.91. The van der Waals surface area contributed by atoms with Crippen LogP contribution in [0.15, 0.2) is 61.1 Å². The standard InChI is InChI=1S/C21H19N5O2/c27-20-12-17(19-4-2-9-25(19)15-3-1-7-22-13-15)16-6-5-14(11-18(16)24-20)26-10-8-23-21(26)28/h1-7,9,11,13,17H,8,10,12H2,(H,23,28)(H,24,27). The molecule has 7 nitrogen and oxygen atoms in total. The molecular weight excluding hydrogens is 354 g/mol. The number of pyridine rings is 1. The van der Waals surface area contributed by atoms with Crippen LogP contribution >= 0.6 is 0 Å². The smallest absolute Gasteiger partial charge is 0.321 e. The number of nitrogens with one attached hydrogen (secondary N) is 2. The zero-order valence-electron chi connectivity index (χ0n) is 15.1. The first-order chi connectivity index (χ1) is 13.7. The number of carbonyl (C=O) groups excluding carboxylic acids is 2. The fraction of sp³-hybridized carbons (Fsp3) is 0.190. The Morgan fingerprint density at radius 3 is 2.79 bits per heavy atom. The van der Waals surface area contributed by atoms with Gasteiger partial charge in [0, 0.05) is 54.9 Å². The fourth-order valence-electron chi connectivity index (χ4n) is 4.01. The quantitative estimate of drug-likeness (QED) is 0.741. The summed E-state index contributed by atoms with van der Waals surface area (Å²) in [5, 5.41) is 5.77. The third-order valence-corrected chi connectivity index (χ3v) is 5.31. The Balaban J connectivity index is 1.56. The molecule has 0 bridgehead atoms. The van der Waals surface area contributed by atoms with Crippen molar-refractivity contribution in [3.05, 3.63) is 72.3 Å². The Morgan fingerprint density at radius 2 is 2.00 bits per heavy atom. The van der Waals surface area contributed by atoms with Gasteiger partial charge in [0.05, 0.1) is 11.9 Å². The Labute approximate surface area is 162 Å². The Hall–Kier alpha value is -3.61. The zero-order valence-corrected chi connectivity index (χ0v) is 15.1. The lowest BCUT2D eigenvalue weighted by atomic mass is 9.87. The van der Waals surface area contributed by atoms with E-state index >= 15 is 0 Å². The molecule has 5 rings (SSSR count). The summed E-state index contributed by atoms with van der Waals surface area (Å²) in [5.41, 5.74) is 4.60. The number of urea groups is 1. The lowest BCUT2D eigenvalue weighted by molar-refractivity contribution is -0.116. The average Bonchev–Trinajstić information content (AvgIpc) is 3.36. The number of hydrogen-bond acceptors (Lipinski definition) is 3. The number of anilines is 2. The highest BCUT2D eigenvalue weighted by Crippen LogP contribution is 2.39. The minimum Gasteiger partial charge on any atom is -0.336 e. The fourth-order valence-corrected chi connectivity index (χ4v) is 4.01. The van der Waals surface area contributed by atoms with Crippen LogP contribution in [0.3, 0.4) is 0 Å². The van der Waals surface area contributed by atoms with Crippen LogP contribution in [0, 0.1) is 0 Å². The number of carbonyl (C=O) groups is 2. The van der Waals surface area contributed by atoms with E-state index in [-0.39, 0.29) is 17.9 Å². The molecule has 3 amide bonds. The van der Waals surface area contributed by atoms with Gasteiger partial charge in [-0.15, -0.1) is 0 Å². The van der Waals surface area contributed by atoms with Crippen molar-refractivity contribution in [2.45, 2.75) is 12.3 Å². The van der Waals surface area contributed by atoms with Gasteiger partial charge >= 0.3 is 6.03 Å². The summed E-state index contributed by atoms with van der Waals surface area (Å²) in [7, 11) is 0. The normalized spacial score (nSPS) is 18.6. The molecule has 0 saturated carbocycles. The molecule has 1 unspecified atom stereocenters. The Kier molecular flexibility index (Phi) is 3.86. The van der Waals surface area contributed by atoms with Crippen molar-refractivity contribution < 1.29 is 9.59 Å². The molecule has 140 valence electrons. The van der Waals surface area contributed by atoms with E-state index in [9.17, 15) is 9.59 Å². The van der Waals surface area contributed by atoms with Crippen molar-refractivity contribution in [3.8, 4) is 5.69 Å². The molecule has 0 spiro atoms. The van der Waals surface area contributed by atoms with E-state index in [0.717, 1.165) is 28.3 Å². The van der Waals surface area contributed by atoms with E-state index in [2.05, 4.69) is 20.2 Å². The maximum absolute atomic E-state index is 12.5. The second-order valence-corrected chi connectivity index (χ2v) is 6.97. The van der Waals surface area contributed by atoms with E-state index in [1.165, 1.54) is 0 Å². The summed E-state index contributed by atoms with van der Waals surface area (Å²) in [5.74, 6) is -0.0973. The minimum absolute atomic E-state index is 0.0283. The number of rotatable bonds is 3. The molecule has 1 atom stereocenters. The van der Waals surface area contributed by atoms with Crippen molar-refractivity contribution in [3.63, 3.8) is 0 Å². The predicted octanol–water partition coefficient (Wildman–Crippen LogP) is 2.88. The van der Waals surface area contributed by atoms with E-state index < -0.39 is 0 Å². The number of hydrogen-bond donors (Lipinski definition) is 2. The third-order valence-electron chi connectivity index (χ3n) is 5.31. The highest BCUT2D eigenvalue weighted by molar-refractivity contribution is 5.98. The van der Waals surface area contributed by atoms with Gasteiger partial charge in [-0.25, -0.2) is 4.79 Å². The second-order valence-electron chi connectivity index (χ2n) is 6.97. The molecule has 1 saturated heterocycles. The van der Waals surface area contributed by atoms with Crippen molar-refractivity contribution in [1.82, 2.24) is 14.9 Å². The molecular formula is C21H19N5O2. The van der Waals surface area contributed by atoms with Crippen molar-refractivity contribution in [1.29, 1.82) is 0 Å². The minimum atomic E-state index is -0.107. The first kappa shape index (κ1) is 16.6. The number of fused-ring (bicyclic) bond motifs is 1. The highest BCUT2D eigenvalue weighted by atomic mass is 16.2. The highest BCUT2D eigenvalue weighted by Gasteiger charge is 2.30. The summed E-state index contributed by atoms with van der Waals surface area (Å²) < 4.78 is 2.07. The van der Waals surface area contributed by atoms with Crippen LogP contribution in [0.1, 0.15) is 23.6 Å². The van der Waals surface area contributed by atoms with Crippen molar-refractivity contribution in [2.75, 3.05) is 23.3 Å². The number of amides is 3. The monoisotopic (exact) mass is 373 g/mol. The van der Waals surface area contributed by atoms with Gasteiger partial charge in [0.2, 0.25) is 5.91 Å². The summed E-state index contributed by atoms with van der Waals surface area (Å²) >= 11 is 0. The molecule has 4 heterocycles. The molecule has 28 heavy (non-hydrogen) atoms. The first-order valence-corrected chi connectivity index (χ1v) is 9.27. The number of benzene rings is 1. The Morgan fingerprint density at radius 1 is 1.07 bits per heavy atom. The van der Waals surface area contributed by atoms with E-state index in [4.69, 9.17) is 0 Å². The maximum Gasteiger partial charge on any atom is 0.321 e. The summed E-state index contributed by atoms with van der Waals surface area (Å²) in [4.78, 5) is 30.3. The Bertz CT molecular complexity index is 1060. The van der Waals surface area contributed by atoms with Crippen LogP contribution in [-0.4, -0.2) is 34.6 Å². The molecule has 2 aromatic heterocycles. The van der Waals surface area contributed by atoms with Gasteiger partial charge in [-0.3, -0.25) is 14.7 Å². The molecule has 1 aromatic carbocycles. The molecule has 2 aliphatic heterocycles. The molecule has 2 N–H and O–H groups in total. The molecule has 2 aliphatic rings. The van der Waals surface area contributed by atoms with Crippen LogP contribution in [0.2, 0.25) is 0 Å². The maximum atomic E-state index is 12.5. The molecule has 0 radical (unpaired) electrons. The predicted molar refractivity (Wildman–Crippen MR) is 106 cm³/mol. The molecule has 0 aliphatic carbocycles. The second kappa shape index (κ2) is 6.53. The van der Waals surface area contributed by atoms with Gasteiger partial charge in [0.1, 0.15) is 0 Å². The van der Waals surface area contributed by atoms with Gasteiger partial charge in [-0.2, -0.15) is 0 Å². The van der Waals surface area contributed by atoms with Crippen LogP contribution in [-0.2, 0) is 4.79 Å².